The Morgan fingerprint density at radius 3 is 2.26 bits per heavy atom. The summed E-state index contributed by atoms with van der Waals surface area (Å²) in [5, 5.41) is 0.314. The molecule has 4 amide bonds. The van der Waals surface area contributed by atoms with Crippen LogP contribution in [0.3, 0.4) is 0 Å². The Labute approximate surface area is 176 Å². The van der Waals surface area contributed by atoms with Crippen LogP contribution in [0.4, 0.5) is 10.5 Å². The van der Waals surface area contributed by atoms with Crippen LogP contribution in [-0.2, 0) is 33.5 Å². The summed E-state index contributed by atoms with van der Waals surface area (Å²) >= 11 is 0. The minimum atomic E-state index is -1.37. The lowest BCUT2D eigenvalue weighted by Gasteiger charge is -2.19. The SMILES string of the molecule is CCCC(OC(=O)ON1C(=O)CCC1=O)OC(=O)c1cccc(N2C(=O)C=CC2=O)c1. The van der Waals surface area contributed by atoms with Gasteiger partial charge < -0.3 is 9.47 Å². The van der Waals surface area contributed by atoms with Crippen molar-refractivity contribution in [3.05, 3.63) is 42.0 Å². The number of amides is 4. The molecular formula is C20H18N2O9. The van der Waals surface area contributed by atoms with Crippen molar-refractivity contribution in [3.8, 4) is 0 Å². The summed E-state index contributed by atoms with van der Waals surface area (Å²) in [5.74, 6) is -3.33. The third-order valence-electron chi connectivity index (χ3n) is 4.31. The summed E-state index contributed by atoms with van der Waals surface area (Å²) in [7, 11) is 0. The van der Waals surface area contributed by atoms with Crippen molar-refractivity contribution in [1.29, 1.82) is 0 Å². The molecule has 11 heteroatoms. The molecule has 11 nitrogen and oxygen atoms in total. The smallest absolute Gasteiger partial charge is 0.421 e. The van der Waals surface area contributed by atoms with Gasteiger partial charge in [-0.1, -0.05) is 18.1 Å². The number of imide groups is 2. The lowest BCUT2D eigenvalue weighted by molar-refractivity contribution is -0.185. The third kappa shape index (κ3) is 4.94. The fraction of sp³-hybridized carbons (Fsp3) is 0.300. The largest absolute Gasteiger partial charge is 0.537 e. The Balaban J connectivity index is 1.65. The van der Waals surface area contributed by atoms with Crippen molar-refractivity contribution in [3.63, 3.8) is 0 Å². The molecule has 1 saturated heterocycles. The molecule has 1 fully saturated rings. The van der Waals surface area contributed by atoms with E-state index in [0.717, 1.165) is 17.1 Å². The maximum Gasteiger partial charge on any atom is 0.537 e. The average Bonchev–Trinajstić information content (AvgIpc) is 3.23. The van der Waals surface area contributed by atoms with E-state index in [4.69, 9.17) is 9.47 Å². The normalized spacial score (nSPS) is 16.7. The van der Waals surface area contributed by atoms with E-state index in [-0.39, 0.29) is 30.5 Å². The molecule has 3 rings (SSSR count). The zero-order valence-electron chi connectivity index (χ0n) is 16.4. The fourth-order valence-corrected chi connectivity index (χ4v) is 2.85. The molecule has 0 aromatic heterocycles. The first-order valence-corrected chi connectivity index (χ1v) is 9.41. The van der Waals surface area contributed by atoms with Gasteiger partial charge in [0.1, 0.15) is 0 Å². The first-order valence-electron chi connectivity index (χ1n) is 9.41. The number of benzene rings is 1. The average molecular weight is 430 g/mol. The molecule has 1 unspecified atom stereocenters. The van der Waals surface area contributed by atoms with Crippen LogP contribution in [0.15, 0.2) is 36.4 Å². The molecule has 0 spiro atoms. The van der Waals surface area contributed by atoms with Crippen molar-refractivity contribution < 1.29 is 43.1 Å². The molecule has 31 heavy (non-hydrogen) atoms. The van der Waals surface area contributed by atoms with Crippen LogP contribution >= 0.6 is 0 Å². The molecule has 0 aliphatic carbocycles. The molecule has 2 aliphatic rings. The highest BCUT2D eigenvalue weighted by Crippen LogP contribution is 2.21. The molecular weight excluding hydrogens is 412 g/mol. The maximum absolute atomic E-state index is 12.5. The predicted octanol–water partition coefficient (Wildman–Crippen LogP) is 1.62. The van der Waals surface area contributed by atoms with Gasteiger partial charge in [-0.2, -0.15) is 0 Å². The topological polar surface area (TPSA) is 137 Å². The number of ether oxygens (including phenoxy) is 2. The minimum Gasteiger partial charge on any atom is -0.421 e. The van der Waals surface area contributed by atoms with Crippen LogP contribution < -0.4 is 4.90 Å². The van der Waals surface area contributed by atoms with Crippen molar-refractivity contribution in [1.82, 2.24) is 5.06 Å². The van der Waals surface area contributed by atoms with Gasteiger partial charge in [0, 0.05) is 31.4 Å². The van der Waals surface area contributed by atoms with Gasteiger partial charge in [-0.15, -0.1) is 0 Å². The van der Waals surface area contributed by atoms with Gasteiger partial charge in [0.05, 0.1) is 11.3 Å². The number of hydroxylamine groups is 2. The number of esters is 1. The first-order chi connectivity index (χ1) is 14.8. The van der Waals surface area contributed by atoms with Gasteiger partial charge in [-0.05, 0) is 24.6 Å². The molecule has 0 saturated carbocycles. The first kappa shape index (κ1) is 21.7. The second-order valence-electron chi connectivity index (χ2n) is 6.56. The summed E-state index contributed by atoms with van der Waals surface area (Å²) in [6, 6.07) is 5.61. The number of nitrogens with zero attached hydrogens (tertiary/aromatic N) is 2. The van der Waals surface area contributed by atoms with E-state index >= 15 is 0 Å². The zero-order valence-corrected chi connectivity index (χ0v) is 16.4. The molecule has 0 radical (unpaired) electrons. The van der Waals surface area contributed by atoms with Crippen LogP contribution in [0.5, 0.6) is 0 Å². The van der Waals surface area contributed by atoms with Crippen molar-refractivity contribution in [2.75, 3.05) is 4.90 Å². The number of carbonyl (C=O) groups is 6. The highest BCUT2D eigenvalue weighted by atomic mass is 16.9. The van der Waals surface area contributed by atoms with Gasteiger partial charge in [-0.3, -0.25) is 24.0 Å². The van der Waals surface area contributed by atoms with Crippen LogP contribution in [0.25, 0.3) is 0 Å². The van der Waals surface area contributed by atoms with Crippen LogP contribution in [0.2, 0.25) is 0 Å². The molecule has 0 bridgehead atoms. The molecule has 2 heterocycles. The summed E-state index contributed by atoms with van der Waals surface area (Å²) in [5.41, 5.74) is 0.181. The number of anilines is 1. The second kappa shape index (κ2) is 9.20. The molecule has 1 aromatic rings. The molecule has 162 valence electrons. The van der Waals surface area contributed by atoms with E-state index in [0.29, 0.717) is 11.5 Å². The van der Waals surface area contributed by atoms with Gasteiger partial charge >= 0.3 is 12.1 Å². The summed E-state index contributed by atoms with van der Waals surface area (Å²) in [4.78, 5) is 76.6. The predicted molar refractivity (Wildman–Crippen MR) is 101 cm³/mol. The Bertz CT molecular complexity index is 951. The lowest BCUT2D eigenvalue weighted by atomic mass is 10.2. The van der Waals surface area contributed by atoms with E-state index in [9.17, 15) is 28.8 Å². The Hall–Kier alpha value is -4.02. The van der Waals surface area contributed by atoms with Crippen molar-refractivity contribution in [2.45, 2.75) is 38.9 Å². The minimum absolute atomic E-state index is 0.00738. The van der Waals surface area contributed by atoms with Gasteiger partial charge in [0.25, 0.3) is 29.9 Å². The maximum atomic E-state index is 12.5. The number of hydrogen-bond acceptors (Lipinski definition) is 9. The van der Waals surface area contributed by atoms with Gasteiger partial charge in [0.15, 0.2) is 0 Å². The number of rotatable bonds is 7. The zero-order chi connectivity index (χ0) is 22.5. The second-order valence-corrected chi connectivity index (χ2v) is 6.56. The molecule has 1 atom stereocenters. The van der Waals surface area contributed by atoms with E-state index in [1.165, 1.54) is 24.3 Å². The number of carbonyl (C=O) groups excluding carboxylic acids is 6. The third-order valence-corrected chi connectivity index (χ3v) is 4.31. The summed E-state index contributed by atoms with van der Waals surface area (Å²) in [6.07, 6.45) is -0.0631. The van der Waals surface area contributed by atoms with Crippen LogP contribution in [-0.4, -0.2) is 47.1 Å². The molecule has 2 aliphatic heterocycles. The Morgan fingerprint density at radius 2 is 1.65 bits per heavy atom. The standard InChI is InChI=1S/C20H18N2O9/c1-2-4-18(30-20(28)31-22-16(25)9-10-17(22)26)29-19(27)12-5-3-6-13(11-12)21-14(23)7-8-15(21)24/h3,5-8,11,18H,2,4,9-10H2,1H3. The Morgan fingerprint density at radius 1 is 1.00 bits per heavy atom. The number of hydrogen-bond donors (Lipinski definition) is 0. The van der Waals surface area contributed by atoms with Crippen molar-refractivity contribution >= 4 is 41.4 Å². The van der Waals surface area contributed by atoms with E-state index in [2.05, 4.69) is 4.84 Å². The lowest BCUT2D eigenvalue weighted by Crippen LogP contribution is -2.34. The van der Waals surface area contributed by atoms with Crippen LogP contribution in [0.1, 0.15) is 43.0 Å². The molecule has 1 aromatic carbocycles. The Kier molecular flexibility index (Phi) is 6.43. The van der Waals surface area contributed by atoms with E-state index in [1.54, 1.807) is 6.92 Å². The van der Waals surface area contributed by atoms with E-state index in [1.807, 2.05) is 0 Å². The highest BCUT2D eigenvalue weighted by molar-refractivity contribution is 6.28. The highest BCUT2D eigenvalue weighted by Gasteiger charge is 2.34. The van der Waals surface area contributed by atoms with Crippen LogP contribution in [0, 0.1) is 0 Å². The monoisotopic (exact) mass is 430 g/mol. The van der Waals surface area contributed by atoms with E-state index < -0.39 is 42.0 Å². The van der Waals surface area contributed by atoms with Crippen molar-refractivity contribution in [2.24, 2.45) is 0 Å². The summed E-state index contributed by atoms with van der Waals surface area (Å²) < 4.78 is 10.1. The van der Waals surface area contributed by atoms with Gasteiger partial charge in [-0.25, -0.2) is 14.5 Å². The summed E-state index contributed by atoms with van der Waals surface area (Å²) in [6.45, 7) is 1.75. The fourth-order valence-electron chi connectivity index (χ4n) is 2.85. The van der Waals surface area contributed by atoms with Gasteiger partial charge in [0.2, 0.25) is 0 Å². The quantitative estimate of drug-likeness (QED) is 0.359. The molecule has 0 N–H and O–H groups in total.